The van der Waals surface area contributed by atoms with Gasteiger partial charge in [0.15, 0.2) is 11.9 Å². The van der Waals surface area contributed by atoms with Gasteiger partial charge in [0.2, 0.25) is 5.95 Å². The van der Waals surface area contributed by atoms with Crippen LogP contribution in [0.3, 0.4) is 0 Å². The van der Waals surface area contributed by atoms with Gasteiger partial charge in [-0.25, -0.2) is 9.97 Å². The van der Waals surface area contributed by atoms with Crippen molar-refractivity contribution in [3.63, 3.8) is 0 Å². The molecular weight excluding hydrogens is 844 g/mol. The third-order valence-corrected chi connectivity index (χ3v) is 12.3. The summed E-state index contributed by atoms with van der Waals surface area (Å²) in [6, 6.07) is 55.1. The van der Waals surface area contributed by atoms with Crippen molar-refractivity contribution in [2.24, 2.45) is 0 Å². The van der Waals surface area contributed by atoms with E-state index in [0.29, 0.717) is 33.4 Å². The molecule has 9 rings (SSSR count). The topological polar surface area (TPSA) is 141 Å². The van der Waals surface area contributed by atoms with Gasteiger partial charge in [0.25, 0.3) is 0 Å². The summed E-state index contributed by atoms with van der Waals surface area (Å²) in [6.45, 7) is -0.522. The van der Waals surface area contributed by atoms with E-state index in [1.165, 1.54) is 17.1 Å². The molecule has 0 spiro atoms. The van der Waals surface area contributed by atoms with Crippen LogP contribution in [0.25, 0.3) is 11.2 Å². The second-order valence-corrected chi connectivity index (χ2v) is 16.6. The number of benzene rings is 6. The molecule has 1 aliphatic rings. The summed E-state index contributed by atoms with van der Waals surface area (Å²) in [5.74, 6) is -0.123. The van der Waals surface area contributed by atoms with Gasteiger partial charge in [0.05, 0.1) is 19.1 Å². The lowest BCUT2D eigenvalue weighted by Crippen LogP contribution is -2.48. The maximum absolute atomic E-state index is 14.7. The van der Waals surface area contributed by atoms with E-state index in [1.54, 1.807) is 36.4 Å². The molecule has 0 saturated carbocycles. The number of hydrogen-bond donors (Lipinski definition) is 1. The number of hydrogen-bond acceptors (Lipinski definition) is 10. The molecule has 0 radical (unpaired) electrons. The molecule has 3 heterocycles. The Morgan fingerprint density at radius 2 is 1.00 bits per heavy atom. The molecule has 1 saturated heterocycles. The molecule has 6 aromatic carbocycles. The van der Waals surface area contributed by atoms with Gasteiger partial charge in [-0.05, 0) is 33.4 Å². The molecule has 324 valence electrons. The second-order valence-electron chi connectivity index (χ2n) is 15.1. The van der Waals surface area contributed by atoms with Crippen LogP contribution in [0.15, 0.2) is 195 Å². The lowest BCUT2D eigenvalue weighted by Gasteiger charge is -2.40. The Labute approximate surface area is 367 Å². The van der Waals surface area contributed by atoms with Crippen LogP contribution in [-0.2, 0) is 39.7 Å². The van der Waals surface area contributed by atoms with Gasteiger partial charge in [0.1, 0.15) is 35.0 Å². The fraction of sp³-hybridized carbons (Fsp3) is 0.163. The van der Waals surface area contributed by atoms with E-state index in [2.05, 4.69) is 15.0 Å². The van der Waals surface area contributed by atoms with Crippen LogP contribution in [0.5, 0.6) is 0 Å². The molecule has 4 atom stereocenters. The van der Waals surface area contributed by atoms with E-state index in [0.717, 1.165) is 0 Å². The van der Waals surface area contributed by atoms with Gasteiger partial charge < -0.3 is 19.9 Å². The number of ether oxygens (including phenoxy) is 3. The highest BCUT2D eigenvalue weighted by atomic mass is 32.2. The highest BCUT2D eigenvalue weighted by Crippen LogP contribution is 2.48. The number of anilines is 1. The standard InChI is InChI=1S/C49H40F3N5O6S/c50-49(51,52)64(58,59)63-42-41(32-60-47(34-19-7-1-8-20-34,35-21-9-2-10-22-35)36-23-11-3-12-24-36)61-45(57-33-55-40-31-54-46(53)56-44(40)57)43(42)62-48(37-25-13-4-14-26-37,38-27-15-5-16-28-38)39-29-17-6-18-30-39/h1-31,33,41-43,45H,32H2,(H2,53,54,56)/t41-,42-,43-,45-/m1/s1. The Hall–Kier alpha value is -6.75. The molecule has 0 unspecified atom stereocenters. The van der Waals surface area contributed by atoms with Crippen molar-refractivity contribution in [2.45, 2.75) is 41.3 Å². The van der Waals surface area contributed by atoms with Crippen LogP contribution in [-0.4, -0.2) is 58.4 Å². The fourth-order valence-corrected chi connectivity index (χ4v) is 9.07. The Morgan fingerprint density at radius 3 is 1.41 bits per heavy atom. The predicted octanol–water partition coefficient (Wildman–Crippen LogP) is 8.93. The lowest BCUT2D eigenvalue weighted by molar-refractivity contribution is -0.122. The Kier molecular flexibility index (Phi) is 11.6. The first-order valence-corrected chi connectivity index (χ1v) is 21.7. The van der Waals surface area contributed by atoms with Gasteiger partial charge in [0, 0.05) is 0 Å². The minimum Gasteiger partial charge on any atom is -0.368 e. The quantitative estimate of drug-likeness (QED) is 0.0640. The second kappa shape index (κ2) is 17.4. The first-order valence-electron chi connectivity index (χ1n) is 20.3. The first-order chi connectivity index (χ1) is 31.0. The van der Waals surface area contributed by atoms with Crippen molar-refractivity contribution in [3.8, 4) is 0 Å². The van der Waals surface area contributed by atoms with Crippen LogP contribution in [0.1, 0.15) is 39.6 Å². The summed E-state index contributed by atoms with van der Waals surface area (Å²) < 4.78 is 99.0. The monoisotopic (exact) mass is 883 g/mol. The molecule has 0 bridgehead atoms. The Balaban J connectivity index is 1.27. The molecule has 2 aromatic heterocycles. The third kappa shape index (κ3) is 7.81. The van der Waals surface area contributed by atoms with Crippen LogP contribution in [0, 0.1) is 0 Å². The number of imidazole rings is 1. The minimum atomic E-state index is -6.33. The van der Waals surface area contributed by atoms with E-state index in [4.69, 9.17) is 24.1 Å². The molecule has 8 aromatic rings. The van der Waals surface area contributed by atoms with Crippen molar-refractivity contribution < 1.29 is 40.0 Å². The molecule has 0 aliphatic carbocycles. The van der Waals surface area contributed by atoms with Gasteiger partial charge in [-0.2, -0.15) is 26.6 Å². The van der Waals surface area contributed by atoms with E-state index in [1.807, 2.05) is 146 Å². The van der Waals surface area contributed by atoms with Crippen LogP contribution in [0.4, 0.5) is 19.1 Å². The molecule has 1 fully saturated rings. The van der Waals surface area contributed by atoms with Crippen molar-refractivity contribution in [2.75, 3.05) is 12.3 Å². The number of halogens is 3. The van der Waals surface area contributed by atoms with Crippen molar-refractivity contribution in [1.29, 1.82) is 0 Å². The predicted molar refractivity (Wildman–Crippen MR) is 233 cm³/mol. The molecular formula is C49H40F3N5O6S. The smallest absolute Gasteiger partial charge is 0.368 e. The highest BCUT2D eigenvalue weighted by Gasteiger charge is 2.58. The molecule has 0 amide bonds. The maximum Gasteiger partial charge on any atom is 0.523 e. The summed E-state index contributed by atoms with van der Waals surface area (Å²) in [6.07, 6.45) is -3.99. The number of nitrogen functional groups attached to an aromatic ring is 1. The van der Waals surface area contributed by atoms with Gasteiger partial charge in [-0.15, -0.1) is 0 Å². The van der Waals surface area contributed by atoms with Crippen molar-refractivity contribution in [1.82, 2.24) is 19.5 Å². The molecule has 1 aliphatic heterocycles. The summed E-state index contributed by atoms with van der Waals surface area (Å²) in [4.78, 5) is 12.9. The lowest BCUT2D eigenvalue weighted by atomic mass is 9.79. The number of nitrogens with zero attached hydrogens (tertiary/aromatic N) is 4. The van der Waals surface area contributed by atoms with Crippen molar-refractivity contribution >= 4 is 27.2 Å². The number of nitrogens with two attached hydrogens (primary N) is 1. The van der Waals surface area contributed by atoms with E-state index >= 15 is 0 Å². The summed E-state index contributed by atoms with van der Waals surface area (Å²) in [5.41, 5.74) is 1.38. The SMILES string of the molecule is Nc1ncc2ncn([C@@H]3O[C@H](COC(c4ccccc4)(c4ccccc4)c4ccccc4)[C@@H](OS(=O)(=O)C(F)(F)F)[C@H]3OC(c3ccccc3)(c3ccccc3)c3ccccc3)c2n1. The van der Waals surface area contributed by atoms with E-state index in [9.17, 15) is 21.6 Å². The van der Waals surface area contributed by atoms with E-state index < -0.39 is 58.0 Å². The first kappa shape index (κ1) is 42.5. The summed E-state index contributed by atoms with van der Waals surface area (Å²) in [7, 11) is -6.33. The summed E-state index contributed by atoms with van der Waals surface area (Å²) in [5, 5.41) is 0. The zero-order chi connectivity index (χ0) is 44.4. The molecule has 2 N–H and O–H groups in total. The normalized spacial score (nSPS) is 18.3. The number of aromatic nitrogens is 4. The third-order valence-electron chi connectivity index (χ3n) is 11.3. The van der Waals surface area contributed by atoms with Crippen molar-refractivity contribution in [3.05, 3.63) is 228 Å². The van der Waals surface area contributed by atoms with Crippen LogP contribution < -0.4 is 5.73 Å². The molecule has 64 heavy (non-hydrogen) atoms. The highest BCUT2D eigenvalue weighted by molar-refractivity contribution is 7.87. The zero-order valence-electron chi connectivity index (χ0n) is 33.8. The number of fused-ring (bicyclic) bond motifs is 1. The van der Waals surface area contributed by atoms with E-state index in [-0.39, 0.29) is 17.1 Å². The average molecular weight is 884 g/mol. The maximum atomic E-state index is 14.7. The van der Waals surface area contributed by atoms with Gasteiger partial charge in [-0.1, -0.05) is 182 Å². The largest absolute Gasteiger partial charge is 0.523 e. The Morgan fingerprint density at radius 1 is 0.594 bits per heavy atom. The fourth-order valence-electron chi connectivity index (χ4n) is 8.44. The number of alkyl halides is 3. The van der Waals surface area contributed by atoms with Gasteiger partial charge >= 0.3 is 15.6 Å². The van der Waals surface area contributed by atoms with Crippen LogP contribution in [0.2, 0.25) is 0 Å². The van der Waals surface area contributed by atoms with Crippen LogP contribution >= 0.6 is 0 Å². The zero-order valence-corrected chi connectivity index (χ0v) is 34.7. The average Bonchev–Trinajstić information content (AvgIpc) is 3.89. The van der Waals surface area contributed by atoms with Gasteiger partial charge in [-0.3, -0.25) is 8.75 Å². The minimum absolute atomic E-state index is 0.123. The molecule has 11 nitrogen and oxygen atoms in total. The molecule has 15 heteroatoms. The Bertz CT molecular complexity index is 2720. The summed E-state index contributed by atoms with van der Waals surface area (Å²) >= 11 is 0. The number of rotatable bonds is 14.